The molecule has 710 valence electrons. The molecular formula is C98H107Cl2F5N16O13Sn. The molecule has 17 rings (SSSR count). The molecule has 8 aliphatic rings. The van der Waals surface area contributed by atoms with Gasteiger partial charge in [-0.3, -0.25) is 44.4 Å². The third kappa shape index (κ3) is 23.4. The van der Waals surface area contributed by atoms with Gasteiger partial charge in [-0.05, 0) is 193 Å². The molecule has 8 fully saturated rings. The van der Waals surface area contributed by atoms with E-state index in [0.29, 0.717) is 85.9 Å². The number of nitro groups is 2. The number of nitrogens with zero attached hydrogens (tertiary/aromatic N) is 11. The van der Waals surface area contributed by atoms with Gasteiger partial charge in [-0.25, -0.2) is 41.5 Å². The number of carbonyl (C=O) groups is 4. The van der Waals surface area contributed by atoms with Crippen LogP contribution in [0.2, 0.25) is 0 Å². The van der Waals surface area contributed by atoms with Crippen molar-refractivity contribution in [3.05, 3.63) is 274 Å². The number of fused-ring (bicyclic) bond motifs is 1. The Labute approximate surface area is 796 Å². The summed E-state index contributed by atoms with van der Waals surface area (Å²) in [6.07, 6.45) is 11.5. The molecular weight excluding hydrogens is 1890 g/mol. The summed E-state index contributed by atoms with van der Waals surface area (Å²) in [5.41, 5.74) is 13.0. The molecule has 5 heterocycles. The number of nitrogens with one attached hydrogen (secondary N) is 3. The second kappa shape index (κ2) is 44.2. The number of rotatable bonds is 15. The molecule has 8 aromatic carbocycles. The van der Waals surface area contributed by atoms with Crippen LogP contribution in [0.3, 0.4) is 0 Å². The van der Waals surface area contributed by atoms with Crippen LogP contribution in [0.15, 0.2) is 175 Å². The molecule has 0 unspecified atom stereocenters. The molecule has 4 saturated heterocycles. The Morgan fingerprint density at radius 2 is 0.696 bits per heavy atom. The second-order valence-corrected chi connectivity index (χ2v) is 40.6. The van der Waals surface area contributed by atoms with Crippen LogP contribution in [0, 0.1) is 94.6 Å². The summed E-state index contributed by atoms with van der Waals surface area (Å²) in [7, 11) is 9.87. The van der Waals surface area contributed by atoms with Crippen molar-refractivity contribution in [2.45, 2.75) is 260 Å². The fourth-order valence-electron chi connectivity index (χ4n) is 19.8. The molecule has 9 aromatic rings. The molecule has 4 aliphatic carbocycles. The number of H-pyrrole nitrogens is 1. The van der Waals surface area contributed by atoms with E-state index in [4.69, 9.17) is 69.3 Å². The third-order valence-electron chi connectivity index (χ3n) is 25.9. The van der Waals surface area contributed by atoms with Crippen molar-refractivity contribution in [3.8, 4) is 24.3 Å². The molecule has 4 amide bonds. The summed E-state index contributed by atoms with van der Waals surface area (Å²) in [5, 5.41) is 63.2. The Kier molecular flexibility index (Phi) is 33.6. The van der Waals surface area contributed by atoms with Gasteiger partial charge in [0.05, 0.1) is 78.7 Å². The molecule has 0 spiro atoms. The van der Waals surface area contributed by atoms with Crippen LogP contribution in [-0.4, -0.2) is 147 Å². The predicted octanol–water partition coefficient (Wildman–Crippen LogP) is 21.7. The average molecular weight is 2000 g/mol. The summed E-state index contributed by atoms with van der Waals surface area (Å²) in [6.45, 7) is 15.6. The first-order chi connectivity index (χ1) is 63.8. The first-order valence-electron chi connectivity index (χ1n) is 44.0. The number of imidazole rings is 1. The molecule has 135 heavy (non-hydrogen) atoms. The molecule has 0 bridgehead atoms. The number of nitrogens with two attached hydrogens (primary N) is 2. The molecule has 4 saturated carbocycles. The Hall–Kier alpha value is -12.7. The van der Waals surface area contributed by atoms with Crippen molar-refractivity contribution in [3.63, 3.8) is 0 Å². The number of nitriles is 4. The first kappa shape index (κ1) is 103. The fourth-order valence-corrected chi connectivity index (χ4v) is 19.8. The van der Waals surface area contributed by atoms with E-state index in [1.54, 1.807) is 22.8 Å². The number of ether oxygens (including phenoxy) is 4. The Morgan fingerprint density at radius 3 is 1.04 bits per heavy atom. The number of benzene rings is 8. The van der Waals surface area contributed by atoms with Crippen molar-refractivity contribution in [1.82, 2.24) is 29.2 Å². The molecule has 37 heteroatoms. The van der Waals surface area contributed by atoms with Gasteiger partial charge in [-0.2, -0.15) is 25.4 Å². The van der Waals surface area contributed by atoms with Gasteiger partial charge >= 0.3 is 72.5 Å². The number of anilines is 3. The topological polar surface area (TPSA) is 413 Å². The van der Waals surface area contributed by atoms with Crippen LogP contribution in [0.25, 0.3) is 11.0 Å². The molecule has 4 atom stereocenters. The number of hydrogen-bond donors (Lipinski definition) is 5. The number of halogens is 7. The molecule has 4 aliphatic heterocycles. The number of nitro benzene ring substituents is 2. The van der Waals surface area contributed by atoms with Crippen molar-refractivity contribution in [2.24, 2.45) is 5.73 Å². The van der Waals surface area contributed by atoms with Crippen LogP contribution in [-0.2, 0) is 18.9 Å². The summed E-state index contributed by atoms with van der Waals surface area (Å²) >= 11 is -0.826. The van der Waals surface area contributed by atoms with Gasteiger partial charge in [0.15, 0.2) is 0 Å². The van der Waals surface area contributed by atoms with Crippen LogP contribution in [0.5, 0.6) is 0 Å². The van der Waals surface area contributed by atoms with Crippen LogP contribution in [0.4, 0.5) is 69.6 Å². The normalized spacial score (nSPS) is 23.7. The Bertz CT molecular complexity index is 6010. The van der Waals surface area contributed by atoms with Crippen LogP contribution in [0.1, 0.15) is 240 Å². The Morgan fingerprint density at radius 1 is 0.415 bits per heavy atom. The van der Waals surface area contributed by atoms with Gasteiger partial charge in [-0.1, -0.05) is 129 Å². The van der Waals surface area contributed by atoms with Gasteiger partial charge in [0, 0.05) is 84.7 Å². The van der Waals surface area contributed by atoms with E-state index >= 15 is 0 Å². The fraction of sp³-hybridized carbons (Fsp3) is 0.418. The van der Waals surface area contributed by atoms with E-state index < -0.39 is 91.5 Å². The van der Waals surface area contributed by atoms with Gasteiger partial charge < -0.3 is 46.0 Å². The van der Waals surface area contributed by atoms with E-state index in [0.717, 1.165) is 85.8 Å². The van der Waals surface area contributed by atoms with Gasteiger partial charge in [-0.15, -0.1) is 0 Å². The van der Waals surface area contributed by atoms with Crippen molar-refractivity contribution in [2.75, 3.05) is 16.4 Å². The maximum absolute atomic E-state index is 14.3. The van der Waals surface area contributed by atoms with Crippen LogP contribution >= 0.6 is 17.8 Å². The predicted molar refractivity (Wildman–Crippen MR) is 500 cm³/mol. The zero-order valence-corrected chi connectivity index (χ0v) is 79.3. The number of hydrogen-bond acceptors (Lipinski definition) is 21. The zero-order valence-electron chi connectivity index (χ0n) is 74.9. The number of aromatic nitrogens is 2. The molecule has 1 aromatic heterocycles. The zero-order chi connectivity index (χ0) is 97.0. The van der Waals surface area contributed by atoms with E-state index in [1.807, 2.05) is 184 Å². The van der Waals surface area contributed by atoms with Gasteiger partial charge in [0.25, 0.3) is 5.69 Å². The summed E-state index contributed by atoms with van der Waals surface area (Å²) in [6, 6.07) is 54.5. The minimum atomic E-state index is -1.29. The standard InChI is InChI=1S/C25H25FN4O3.C24H25FN4O4.C24H27FN4O2.C17H24N2O2.C7H2F2N2O2.CH4.2ClH.Sn/c1-25(2)22(15-6-4-3-5-7-15)30(24(32)33-25)18-10-8-17(9-11-18)29-21-13-19(26)16(14-27)12-20(21)28-23(29)31;1-24(2)22(15-6-4-3-5-7-15)28(23(30)33-24)18-10-8-17(9-11-18)27-20-13-19(25)16(14-26)12-21(20)29(31)32;1-24(2)22(15-6-4-3-5-7-15)29(23(30)31-24)18-10-8-17(9-11-18)28-21-13-19(25)16(14-26)12-20(21)27;1-17(2)15(12-6-4-3-5-7-12)19(16(20)21-17)14-10-8-13(18)9-11-14;8-5-2-6(9)7(11(12)13)1-4(5)3-10;;;;/h3-7,12-13,17-18,22H,8-11H2,1-2H3,(H,28,31);3-7,12-13,17-18,22,27H,8-11H2,1-2H3;3-7,12-13,17-18,22,28H,8-11,27H2,1-2H3;3-7,13-15H,8-11,18H2,1-2H3;1-2H;1H4;2*1H;/q;;;;;;;;+2/p-2/t3*17?,18?,22-;13?,14?,15-;;;;;/m0000...../s1. The molecule has 2 radical (unpaired) electrons. The number of cyclic esters (lactones) is 4. The summed E-state index contributed by atoms with van der Waals surface area (Å²) in [4.78, 5) is 93.8. The number of amides is 4. The molecule has 7 N–H and O–H groups in total. The molecule has 29 nitrogen and oxygen atoms in total. The average Bonchev–Trinajstić information content (AvgIpc) is 1.62. The van der Waals surface area contributed by atoms with E-state index in [2.05, 4.69) is 27.8 Å². The maximum atomic E-state index is 14.3. The Balaban J connectivity index is 0.000000165. The summed E-state index contributed by atoms with van der Waals surface area (Å²) < 4.78 is 92.0. The monoisotopic (exact) mass is 2000 g/mol. The van der Waals surface area contributed by atoms with Crippen molar-refractivity contribution >= 4 is 101 Å². The van der Waals surface area contributed by atoms with Crippen molar-refractivity contribution < 1.29 is 69.9 Å². The van der Waals surface area contributed by atoms with Gasteiger partial charge in [0.1, 0.15) is 75.6 Å². The third-order valence-corrected chi connectivity index (χ3v) is 25.9. The van der Waals surface area contributed by atoms with Gasteiger partial charge in [0.2, 0.25) is 5.82 Å². The van der Waals surface area contributed by atoms with E-state index in [-0.39, 0.29) is 138 Å². The number of carbonyl (C=O) groups excluding carboxylic acids is 4. The van der Waals surface area contributed by atoms with Crippen LogP contribution < -0.4 is 27.8 Å². The number of nitrogen functional groups attached to an aromatic ring is 1. The number of aromatic amines is 1. The summed E-state index contributed by atoms with van der Waals surface area (Å²) in [5.74, 6) is -4.42. The van der Waals surface area contributed by atoms with Crippen molar-refractivity contribution in [1.29, 1.82) is 21.0 Å². The minimum absolute atomic E-state index is 0. The SMILES string of the molecule is C.CC1(C)OC(=O)N(C2CCC(N)CC2)[C@H]1c1ccccc1.CC1(C)OC(=O)N(C2CCC(Nc3cc(F)c(C#N)cc3N)CC2)[C@H]1c1ccccc1.CC1(C)OC(=O)N(C2CCC(Nc3cc(F)c(C#N)cc3[N+](=O)[O-])CC2)[C@H]1c1ccccc1.CC1(C)OC(=O)N(C2CCC(n3c(=O)[nH]c4cc(C#N)c(F)cc43)CC2)[C@H]1c1ccccc1.N#Cc1cc([N+](=O)[O-])c(F)cc1F.[Cl][Sn][Cl]. The quantitative estimate of drug-likeness (QED) is 0.0159. The second-order valence-electron chi connectivity index (χ2n) is 36.3. The first-order valence-corrected chi connectivity index (χ1v) is 51.2. The van der Waals surface area contributed by atoms with E-state index in [1.165, 1.54) is 30.3 Å². The van der Waals surface area contributed by atoms with E-state index in [9.17, 15) is 66.2 Å².